The van der Waals surface area contributed by atoms with E-state index < -0.39 is 24.6 Å². The van der Waals surface area contributed by atoms with E-state index in [-0.39, 0.29) is 17.6 Å². The first-order valence-corrected chi connectivity index (χ1v) is 6.35. The molecule has 1 aliphatic rings. The molecule has 0 bridgehead atoms. The summed E-state index contributed by atoms with van der Waals surface area (Å²) in [5.41, 5.74) is -0.189. The number of carbonyl (C=O) groups excluding carboxylic acids is 1. The maximum atomic E-state index is 11.6. The highest BCUT2D eigenvalue weighted by molar-refractivity contribution is 5.82. The van der Waals surface area contributed by atoms with Crippen LogP contribution in [-0.2, 0) is 9.53 Å². The Labute approximate surface area is 112 Å². The summed E-state index contributed by atoms with van der Waals surface area (Å²) in [6, 6.07) is -1.95. The van der Waals surface area contributed by atoms with Gasteiger partial charge in [0.2, 0.25) is 0 Å². The van der Waals surface area contributed by atoms with Crippen LogP contribution in [0.3, 0.4) is 0 Å². The van der Waals surface area contributed by atoms with E-state index in [1.54, 1.807) is 0 Å². The standard InChI is InChI=1S/C12H22N2O5/c1-4-19-9-5-8(12(9,2)3)14-11(18)13-7(6-15)10(16)17/h7-9,15H,4-6H2,1-3H3,(H,16,17)(H2,13,14,18). The van der Waals surface area contributed by atoms with E-state index >= 15 is 0 Å². The first kappa shape index (κ1) is 15.7. The first-order valence-electron chi connectivity index (χ1n) is 6.35. The molecule has 0 aromatic carbocycles. The SMILES string of the molecule is CCOC1CC(NC(=O)NC(CO)C(=O)O)C1(C)C. The van der Waals surface area contributed by atoms with E-state index in [2.05, 4.69) is 10.6 Å². The van der Waals surface area contributed by atoms with Crippen LogP contribution in [0.5, 0.6) is 0 Å². The van der Waals surface area contributed by atoms with E-state index in [9.17, 15) is 9.59 Å². The summed E-state index contributed by atoms with van der Waals surface area (Å²) in [5, 5.41) is 22.5. The van der Waals surface area contributed by atoms with Gasteiger partial charge < -0.3 is 25.6 Å². The summed E-state index contributed by atoms with van der Waals surface area (Å²) < 4.78 is 5.54. The molecule has 1 fully saturated rings. The number of carboxylic acid groups (broad SMARTS) is 1. The van der Waals surface area contributed by atoms with Crippen molar-refractivity contribution in [3.8, 4) is 0 Å². The van der Waals surface area contributed by atoms with E-state index in [4.69, 9.17) is 14.9 Å². The topological polar surface area (TPSA) is 108 Å². The highest BCUT2D eigenvalue weighted by atomic mass is 16.5. The highest BCUT2D eigenvalue weighted by Gasteiger charge is 2.49. The number of aliphatic carboxylic acids is 1. The van der Waals surface area contributed by atoms with Crippen LogP contribution in [0.2, 0.25) is 0 Å². The van der Waals surface area contributed by atoms with Gasteiger partial charge >= 0.3 is 12.0 Å². The first-order chi connectivity index (χ1) is 8.82. The molecule has 0 heterocycles. The average Bonchev–Trinajstić information content (AvgIpc) is 2.34. The molecule has 4 N–H and O–H groups in total. The normalized spacial score (nSPS) is 26.1. The van der Waals surface area contributed by atoms with E-state index in [1.165, 1.54) is 0 Å². The molecule has 19 heavy (non-hydrogen) atoms. The maximum absolute atomic E-state index is 11.6. The summed E-state index contributed by atoms with van der Waals surface area (Å²) in [6.45, 7) is 5.88. The zero-order valence-corrected chi connectivity index (χ0v) is 11.5. The Balaban J connectivity index is 2.44. The van der Waals surface area contributed by atoms with Crippen molar-refractivity contribution in [1.29, 1.82) is 0 Å². The van der Waals surface area contributed by atoms with Crippen molar-refractivity contribution >= 4 is 12.0 Å². The smallest absolute Gasteiger partial charge is 0.328 e. The molecule has 0 spiro atoms. The lowest BCUT2D eigenvalue weighted by molar-refractivity contribution is -0.140. The number of aliphatic hydroxyl groups is 1. The number of hydrogen-bond acceptors (Lipinski definition) is 4. The second-order valence-corrected chi connectivity index (χ2v) is 5.24. The minimum Gasteiger partial charge on any atom is -0.480 e. The van der Waals surface area contributed by atoms with Crippen LogP contribution in [0.25, 0.3) is 0 Å². The largest absolute Gasteiger partial charge is 0.480 e. The highest BCUT2D eigenvalue weighted by Crippen LogP contribution is 2.42. The zero-order chi connectivity index (χ0) is 14.6. The quantitative estimate of drug-likeness (QED) is 0.542. The fraction of sp³-hybridized carbons (Fsp3) is 0.833. The monoisotopic (exact) mass is 274 g/mol. The van der Waals surface area contributed by atoms with E-state index in [0.29, 0.717) is 13.0 Å². The molecule has 0 aromatic heterocycles. The molecule has 110 valence electrons. The lowest BCUT2D eigenvalue weighted by atomic mass is 9.64. The van der Waals surface area contributed by atoms with Crippen LogP contribution in [0.4, 0.5) is 4.79 Å². The summed E-state index contributed by atoms with van der Waals surface area (Å²) in [4.78, 5) is 22.3. The molecule has 0 radical (unpaired) electrons. The molecule has 7 nitrogen and oxygen atoms in total. The summed E-state index contributed by atoms with van der Waals surface area (Å²) in [6.07, 6.45) is 0.793. The van der Waals surface area contributed by atoms with Gasteiger partial charge in [-0.25, -0.2) is 9.59 Å². The predicted octanol–water partition coefficient (Wildman–Crippen LogP) is -0.0653. The third-order valence-electron chi connectivity index (χ3n) is 3.64. The van der Waals surface area contributed by atoms with Gasteiger partial charge in [0.1, 0.15) is 0 Å². The third kappa shape index (κ3) is 3.57. The van der Waals surface area contributed by atoms with Gasteiger partial charge in [0.05, 0.1) is 12.7 Å². The molecule has 2 amide bonds. The minimum absolute atomic E-state index is 0.0720. The van der Waals surface area contributed by atoms with E-state index in [0.717, 1.165) is 0 Å². The second kappa shape index (κ2) is 6.21. The van der Waals surface area contributed by atoms with Gasteiger partial charge in [-0.1, -0.05) is 13.8 Å². The molecule has 0 saturated heterocycles. The van der Waals surface area contributed by atoms with Gasteiger partial charge in [0, 0.05) is 18.1 Å². The number of aliphatic hydroxyl groups excluding tert-OH is 1. The number of urea groups is 1. The Bertz CT molecular complexity index is 345. The van der Waals surface area contributed by atoms with Crippen LogP contribution in [-0.4, -0.2) is 53.6 Å². The molecule has 1 aliphatic carbocycles. The number of carbonyl (C=O) groups is 2. The molecule has 1 rings (SSSR count). The van der Waals surface area contributed by atoms with Crippen molar-refractivity contribution in [3.63, 3.8) is 0 Å². The molecular formula is C12H22N2O5. The molecule has 0 aliphatic heterocycles. The van der Waals surface area contributed by atoms with Crippen LogP contribution in [0.15, 0.2) is 0 Å². The zero-order valence-electron chi connectivity index (χ0n) is 11.5. The van der Waals surface area contributed by atoms with Crippen LogP contribution in [0.1, 0.15) is 27.2 Å². The van der Waals surface area contributed by atoms with Crippen LogP contribution >= 0.6 is 0 Å². The van der Waals surface area contributed by atoms with Gasteiger partial charge in [-0.2, -0.15) is 0 Å². The Morgan fingerprint density at radius 2 is 2.11 bits per heavy atom. The number of rotatable bonds is 6. The summed E-state index contributed by atoms with van der Waals surface area (Å²) >= 11 is 0. The molecule has 3 unspecified atom stereocenters. The van der Waals surface area contributed by atoms with Crippen molar-refractivity contribution < 1.29 is 24.5 Å². The number of ether oxygens (including phenoxy) is 1. The Kier molecular flexibility index (Phi) is 5.13. The number of carboxylic acids is 1. The number of amides is 2. The van der Waals surface area contributed by atoms with Crippen molar-refractivity contribution in [2.75, 3.05) is 13.2 Å². The van der Waals surface area contributed by atoms with Gasteiger partial charge in [-0.3, -0.25) is 0 Å². The van der Waals surface area contributed by atoms with Gasteiger partial charge in [0.25, 0.3) is 0 Å². The molecule has 0 aromatic rings. The third-order valence-corrected chi connectivity index (χ3v) is 3.64. The van der Waals surface area contributed by atoms with Gasteiger partial charge in [-0.05, 0) is 13.3 Å². The Hall–Kier alpha value is -1.34. The Morgan fingerprint density at radius 1 is 1.47 bits per heavy atom. The van der Waals surface area contributed by atoms with Crippen molar-refractivity contribution in [1.82, 2.24) is 10.6 Å². The van der Waals surface area contributed by atoms with Crippen LogP contribution < -0.4 is 10.6 Å². The minimum atomic E-state index is -1.29. The predicted molar refractivity (Wildman–Crippen MR) is 67.8 cm³/mol. The lowest BCUT2D eigenvalue weighted by Crippen LogP contribution is -2.64. The molecule has 1 saturated carbocycles. The summed E-state index contributed by atoms with van der Waals surface area (Å²) in [5.74, 6) is -1.27. The van der Waals surface area contributed by atoms with Crippen molar-refractivity contribution in [3.05, 3.63) is 0 Å². The Morgan fingerprint density at radius 3 is 2.53 bits per heavy atom. The average molecular weight is 274 g/mol. The van der Waals surface area contributed by atoms with Crippen molar-refractivity contribution in [2.24, 2.45) is 5.41 Å². The number of nitrogens with one attached hydrogen (secondary N) is 2. The fourth-order valence-electron chi connectivity index (χ4n) is 2.16. The lowest BCUT2D eigenvalue weighted by Gasteiger charge is -2.51. The number of hydrogen-bond donors (Lipinski definition) is 4. The molecular weight excluding hydrogens is 252 g/mol. The van der Waals surface area contributed by atoms with Crippen molar-refractivity contribution in [2.45, 2.75) is 45.4 Å². The van der Waals surface area contributed by atoms with Crippen LogP contribution in [0, 0.1) is 5.41 Å². The fourth-order valence-corrected chi connectivity index (χ4v) is 2.16. The maximum Gasteiger partial charge on any atom is 0.328 e. The molecule has 3 atom stereocenters. The van der Waals surface area contributed by atoms with Gasteiger partial charge in [0.15, 0.2) is 6.04 Å². The van der Waals surface area contributed by atoms with Gasteiger partial charge in [-0.15, -0.1) is 0 Å². The molecule has 7 heteroatoms. The summed E-state index contributed by atoms with van der Waals surface area (Å²) in [7, 11) is 0. The second-order valence-electron chi connectivity index (χ2n) is 5.24. The van der Waals surface area contributed by atoms with E-state index in [1.807, 2.05) is 20.8 Å².